The van der Waals surface area contributed by atoms with Crippen LogP contribution < -0.4 is 10.1 Å². The Kier molecular flexibility index (Phi) is 6.38. The molecule has 2 N–H and O–H groups in total. The summed E-state index contributed by atoms with van der Waals surface area (Å²) in [7, 11) is 1.52. The molecule has 7 heteroatoms. The molecule has 5 nitrogen and oxygen atoms in total. The normalized spacial score (nSPS) is 13.3. The Morgan fingerprint density at radius 3 is 2.77 bits per heavy atom. The maximum absolute atomic E-state index is 13.2. The van der Waals surface area contributed by atoms with Crippen molar-refractivity contribution in [3.8, 4) is 11.5 Å². The van der Waals surface area contributed by atoms with E-state index in [1.54, 1.807) is 23.6 Å². The first-order chi connectivity index (χ1) is 14.6. The van der Waals surface area contributed by atoms with Crippen LogP contribution in [-0.4, -0.2) is 24.3 Å². The van der Waals surface area contributed by atoms with E-state index in [1.807, 2.05) is 36.4 Å². The van der Waals surface area contributed by atoms with Gasteiger partial charge in [0.25, 0.3) is 5.91 Å². The number of rotatable bonds is 5. The van der Waals surface area contributed by atoms with Gasteiger partial charge in [-0.15, -0.1) is 11.3 Å². The summed E-state index contributed by atoms with van der Waals surface area (Å²) in [5, 5.41) is 14.1. The number of thiophene rings is 1. The van der Waals surface area contributed by atoms with Crippen LogP contribution in [0.25, 0.3) is 0 Å². The van der Waals surface area contributed by atoms with E-state index in [9.17, 15) is 9.90 Å². The van der Waals surface area contributed by atoms with Gasteiger partial charge < -0.3 is 15.2 Å². The molecule has 154 valence electrons. The zero-order valence-electron chi connectivity index (χ0n) is 16.4. The minimum absolute atomic E-state index is 0.0401. The summed E-state index contributed by atoms with van der Waals surface area (Å²) in [6.07, 6.45) is 5.68. The summed E-state index contributed by atoms with van der Waals surface area (Å²) in [6.45, 7) is 0. The predicted octanol–water partition coefficient (Wildman–Crippen LogP) is 5.95. The van der Waals surface area contributed by atoms with Crippen LogP contribution >= 0.6 is 33.9 Å². The van der Waals surface area contributed by atoms with Gasteiger partial charge in [0.05, 0.1) is 12.7 Å². The second-order valence-electron chi connectivity index (χ2n) is 7.02. The topological polar surface area (TPSA) is 70.9 Å². The number of aliphatic imine (C=N–C) groups is 1. The van der Waals surface area contributed by atoms with Gasteiger partial charge in [0, 0.05) is 25.9 Å². The number of nitrogens with one attached hydrogen (secondary N) is 1. The number of hydrogen-bond donors (Lipinski definition) is 2. The Labute approximate surface area is 193 Å². The van der Waals surface area contributed by atoms with E-state index >= 15 is 0 Å². The molecule has 0 fully saturated rings. The number of amides is 1. The van der Waals surface area contributed by atoms with E-state index in [1.165, 1.54) is 12.0 Å². The fraction of sp³-hybridized carbons (Fsp3) is 0.217. The van der Waals surface area contributed by atoms with Crippen LogP contribution in [0.5, 0.6) is 11.5 Å². The lowest BCUT2D eigenvalue weighted by Gasteiger charge is -2.12. The lowest BCUT2D eigenvalue weighted by molar-refractivity contribution is 0.102. The second-order valence-corrected chi connectivity index (χ2v) is 9.34. The number of methoxy groups -OCH3 is 1. The molecule has 0 radical (unpaired) electrons. The molecule has 0 saturated heterocycles. The second kappa shape index (κ2) is 9.18. The molecule has 4 rings (SSSR count). The molecule has 0 unspecified atom stereocenters. The highest BCUT2D eigenvalue weighted by Gasteiger charge is 2.25. The summed E-state index contributed by atoms with van der Waals surface area (Å²) < 4.78 is 6.16. The van der Waals surface area contributed by atoms with Crippen LogP contribution in [0, 0.1) is 3.57 Å². The van der Waals surface area contributed by atoms with Crippen molar-refractivity contribution < 1.29 is 14.6 Å². The number of aryl methyl sites for hydroxylation is 1. The maximum atomic E-state index is 13.2. The lowest BCUT2D eigenvalue weighted by atomic mass is 9.95. The number of ether oxygens (including phenoxy) is 1. The fourth-order valence-electron chi connectivity index (χ4n) is 3.57. The predicted molar refractivity (Wildman–Crippen MR) is 130 cm³/mol. The molecule has 1 aromatic heterocycles. The van der Waals surface area contributed by atoms with E-state index < -0.39 is 0 Å². The smallest absolute Gasteiger partial charge is 0.259 e. The first-order valence-electron chi connectivity index (χ1n) is 9.68. The number of para-hydroxylation sites is 1. The minimum Gasteiger partial charge on any atom is -0.504 e. The number of benzene rings is 2. The lowest BCUT2D eigenvalue weighted by Crippen LogP contribution is -2.14. The first-order valence-corrected chi connectivity index (χ1v) is 11.6. The van der Waals surface area contributed by atoms with Gasteiger partial charge in [0.2, 0.25) is 0 Å². The Morgan fingerprint density at radius 1 is 1.23 bits per heavy atom. The van der Waals surface area contributed by atoms with Crippen LogP contribution in [-0.2, 0) is 12.8 Å². The van der Waals surface area contributed by atoms with Gasteiger partial charge in [-0.05, 0) is 78.1 Å². The molecule has 1 heterocycles. The highest BCUT2D eigenvalue weighted by Crippen LogP contribution is 2.40. The summed E-state index contributed by atoms with van der Waals surface area (Å²) in [5.74, 6) is 0.298. The van der Waals surface area contributed by atoms with Crippen molar-refractivity contribution in [3.05, 3.63) is 67.6 Å². The van der Waals surface area contributed by atoms with E-state index in [0.29, 0.717) is 21.9 Å². The third kappa shape index (κ3) is 4.37. The summed E-state index contributed by atoms with van der Waals surface area (Å²) >= 11 is 3.74. The number of hydrogen-bond acceptors (Lipinski definition) is 5. The highest BCUT2D eigenvalue weighted by atomic mass is 127. The molecule has 0 bridgehead atoms. The van der Waals surface area contributed by atoms with Gasteiger partial charge in [-0.3, -0.25) is 4.79 Å². The molecular weight excluding hydrogens is 511 g/mol. The number of carbonyl (C=O) groups is 1. The molecule has 0 atom stereocenters. The van der Waals surface area contributed by atoms with E-state index in [-0.39, 0.29) is 11.7 Å². The molecule has 1 amide bonds. The van der Waals surface area contributed by atoms with Crippen LogP contribution in [0.3, 0.4) is 0 Å². The number of phenols is 1. The van der Waals surface area contributed by atoms with Crippen molar-refractivity contribution in [1.82, 2.24) is 0 Å². The highest BCUT2D eigenvalue weighted by molar-refractivity contribution is 14.1. The van der Waals surface area contributed by atoms with E-state index in [0.717, 1.165) is 40.5 Å². The van der Waals surface area contributed by atoms with Gasteiger partial charge in [-0.1, -0.05) is 18.2 Å². The molecule has 0 spiro atoms. The Morgan fingerprint density at radius 2 is 2.00 bits per heavy atom. The number of phenolic OH excluding ortho intramolecular Hbond substituents is 1. The molecule has 30 heavy (non-hydrogen) atoms. The standard InChI is InChI=1S/C23H21IN2O3S/c1-29-18-12-15(24)11-14(21(18)27)13-25-23-20(17-9-5-6-10-19(17)30-23)22(28)26-16-7-3-2-4-8-16/h2-4,7-8,11-13,27H,5-6,9-10H2,1H3,(H,26,28). The van der Waals surface area contributed by atoms with Crippen LogP contribution in [0.15, 0.2) is 47.5 Å². The number of anilines is 1. The van der Waals surface area contributed by atoms with Crippen molar-refractivity contribution in [2.75, 3.05) is 12.4 Å². The van der Waals surface area contributed by atoms with Gasteiger partial charge in [0.1, 0.15) is 5.00 Å². The van der Waals surface area contributed by atoms with Crippen LogP contribution in [0.4, 0.5) is 10.7 Å². The Bertz CT molecular complexity index is 1110. The zero-order valence-corrected chi connectivity index (χ0v) is 19.4. The van der Waals surface area contributed by atoms with E-state index in [4.69, 9.17) is 4.74 Å². The fourth-order valence-corrected chi connectivity index (χ4v) is 5.42. The van der Waals surface area contributed by atoms with Crippen molar-refractivity contribution in [3.63, 3.8) is 0 Å². The largest absolute Gasteiger partial charge is 0.504 e. The molecule has 3 aromatic rings. The van der Waals surface area contributed by atoms with Gasteiger partial charge in [0.15, 0.2) is 11.5 Å². The van der Waals surface area contributed by atoms with Crippen LogP contribution in [0.2, 0.25) is 0 Å². The quantitative estimate of drug-likeness (QED) is 0.315. The van der Waals surface area contributed by atoms with E-state index in [2.05, 4.69) is 32.9 Å². The van der Waals surface area contributed by atoms with Crippen molar-refractivity contribution in [2.45, 2.75) is 25.7 Å². The average molecular weight is 532 g/mol. The van der Waals surface area contributed by atoms with Gasteiger partial charge in [-0.2, -0.15) is 0 Å². The first kappa shape index (κ1) is 20.9. The molecule has 0 aliphatic heterocycles. The van der Waals surface area contributed by atoms with Crippen molar-refractivity contribution in [1.29, 1.82) is 0 Å². The molecule has 1 aliphatic carbocycles. The molecule has 0 saturated carbocycles. The summed E-state index contributed by atoms with van der Waals surface area (Å²) in [5.41, 5.74) is 3.07. The third-order valence-electron chi connectivity index (χ3n) is 5.02. The number of halogens is 1. The monoisotopic (exact) mass is 532 g/mol. The Hall–Kier alpha value is -2.39. The number of fused-ring (bicyclic) bond motifs is 1. The van der Waals surface area contributed by atoms with Gasteiger partial charge >= 0.3 is 0 Å². The number of carbonyl (C=O) groups excluding carboxylic acids is 1. The molecule has 2 aromatic carbocycles. The average Bonchev–Trinajstić information content (AvgIpc) is 3.13. The number of nitrogens with zero attached hydrogens (tertiary/aromatic N) is 1. The maximum Gasteiger partial charge on any atom is 0.259 e. The minimum atomic E-state index is -0.141. The Balaban J connectivity index is 1.72. The summed E-state index contributed by atoms with van der Waals surface area (Å²) in [6, 6.07) is 13.0. The van der Waals surface area contributed by atoms with Crippen molar-refractivity contribution in [2.24, 2.45) is 4.99 Å². The summed E-state index contributed by atoms with van der Waals surface area (Å²) in [4.78, 5) is 19.0. The SMILES string of the molecule is COc1cc(I)cc(C=Nc2sc3c(c2C(=O)Nc2ccccc2)CCCC3)c1O. The zero-order chi connectivity index (χ0) is 21.1. The molecule has 1 aliphatic rings. The van der Waals surface area contributed by atoms with Crippen LogP contribution in [0.1, 0.15) is 39.2 Å². The van der Waals surface area contributed by atoms with Crippen molar-refractivity contribution >= 4 is 56.7 Å². The molecular formula is C23H21IN2O3S. The third-order valence-corrected chi connectivity index (χ3v) is 6.84. The van der Waals surface area contributed by atoms with Gasteiger partial charge in [-0.25, -0.2) is 4.99 Å². The number of aromatic hydroxyl groups is 1.